The molecule has 0 aliphatic carbocycles. The maximum atomic E-state index is 5.88. The van der Waals surface area contributed by atoms with Gasteiger partial charge >= 0.3 is 141 Å². The molecule has 0 saturated heterocycles. The van der Waals surface area contributed by atoms with Crippen LogP contribution in [0.4, 0.5) is 0 Å². The number of rotatable bonds is 10. The van der Waals surface area contributed by atoms with Gasteiger partial charge in [0.25, 0.3) is 0 Å². The van der Waals surface area contributed by atoms with E-state index in [1.807, 2.05) is 0 Å². The van der Waals surface area contributed by atoms with Crippen molar-refractivity contribution in [1.82, 2.24) is 9.55 Å². The molecule has 0 unspecified atom stereocenters. The number of ether oxygens (including phenoxy) is 1. The molecule has 1 aromatic rings. The van der Waals surface area contributed by atoms with E-state index < -0.39 is 18.4 Å². The molecule has 22 heavy (non-hydrogen) atoms. The van der Waals surface area contributed by atoms with Crippen molar-refractivity contribution in [2.75, 3.05) is 0 Å². The van der Waals surface area contributed by atoms with Crippen molar-refractivity contribution in [1.29, 1.82) is 0 Å². The number of fused-ring (bicyclic) bond motifs is 1. The molecule has 1 aromatic heterocycles. The van der Waals surface area contributed by atoms with Gasteiger partial charge in [-0.2, -0.15) is 0 Å². The van der Waals surface area contributed by atoms with Crippen molar-refractivity contribution in [3.63, 3.8) is 0 Å². The van der Waals surface area contributed by atoms with E-state index in [0.29, 0.717) is 6.10 Å². The minimum absolute atomic E-state index is 0.295. The molecule has 0 saturated carbocycles. The normalized spacial score (nSPS) is 17.5. The van der Waals surface area contributed by atoms with Crippen molar-refractivity contribution in [3.05, 3.63) is 6.20 Å². The van der Waals surface area contributed by atoms with Crippen LogP contribution in [0.3, 0.4) is 0 Å². The van der Waals surface area contributed by atoms with Crippen LogP contribution in [0.2, 0.25) is 13.3 Å². The van der Waals surface area contributed by atoms with Gasteiger partial charge in [-0.3, -0.25) is 0 Å². The zero-order valence-electron chi connectivity index (χ0n) is 15.0. The van der Waals surface area contributed by atoms with Gasteiger partial charge in [0.05, 0.1) is 0 Å². The Bertz CT molecular complexity index is 413. The van der Waals surface area contributed by atoms with E-state index in [9.17, 15) is 0 Å². The number of unbranched alkanes of at least 4 members (excludes halogenated alkanes) is 3. The summed E-state index contributed by atoms with van der Waals surface area (Å²) in [4.78, 5) is 5.01. The molecule has 2 heterocycles. The van der Waals surface area contributed by atoms with Crippen molar-refractivity contribution < 1.29 is 4.74 Å². The average Bonchev–Trinajstić information content (AvgIpc) is 3.04. The van der Waals surface area contributed by atoms with Crippen LogP contribution in [-0.2, 0) is 6.54 Å². The summed E-state index contributed by atoms with van der Waals surface area (Å²) in [6.07, 6.45) is 10.8. The second kappa shape index (κ2) is 8.60. The summed E-state index contributed by atoms with van der Waals surface area (Å²) in [5.74, 6) is 0. The quantitative estimate of drug-likeness (QED) is 0.520. The number of aromatic nitrogens is 2. The fourth-order valence-electron chi connectivity index (χ4n) is 3.68. The van der Waals surface area contributed by atoms with Crippen molar-refractivity contribution in [3.8, 4) is 6.01 Å². The van der Waals surface area contributed by atoms with Gasteiger partial charge in [-0.1, -0.05) is 0 Å². The number of hydrogen-bond donors (Lipinski definition) is 0. The Balaban J connectivity index is 2.25. The van der Waals surface area contributed by atoms with E-state index >= 15 is 0 Å². The van der Waals surface area contributed by atoms with Gasteiger partial charge in [-0.05, 0) is 0 Å². The van der Waals surface area contributed by atoms with Crippen LogP contribution in [0.25, 0.3) is 0 Å². The second-order valence-corrected chi connectivity index (χ2v) is 20.1. The standard InChI is InChI=1S/C6H7N2O.3C4H9.Sn/c1-5-4-8-3-2-7-6(8)9-5;3*1-3-4-2;/h3,5H,4H2,1H3;3*1,3-4H2,2H3;/t5-;;;;/m1..../s1. The molecule has 0 radical (unpaired) electrons. The molecule has 0 amide bonds. The van der Waals surface area contributed by atoms with Gasteiger partial charge in [0, 0.05) is 0 Å². The average molecular weight is 413 g/mol. The van der Waals surface area contributed by atoms with Gasteiger partial charge in [0.2, 0.25) is 0 Å². The fourth-order valence-corrected chi connectivity index (χ4v) is 19.0. The molecule has 2 rings (SSSR count). The van der Waals surface area contributed by atoms with Crippen molar-refractivity contribution in [2.45, 2.75) is 92.2 Å². The minimum atomic E-state index is -2.35. The summed E-state index contributed by atoms with van der Waals surface area (Å²) < 4.78 is 14.1. The molecule has 126 valence electrons. The van der Waals surface area contributed by atoms with Gasteiger partial charge < -0.3 is 0 Å². The Labute approximate surface area is 140 Å². The van der Waals surface area contributed by atoms with Crippen molar-refractivity contribution in [2.24, 2.45) is 0 Å². The van der Waals surface area contributed by atoms with Gasteiger partial charge in [0.1, 0.15) is 0 Å². The van der Waals surface area contributed by atoms with Crippen LogP contribution in [-0.4, -0.2) is 34.0 Å². The van der Waals surface area contributed by atoms with Gasteiger partial charge in [0.15, 0.2) is 0 Å². The molecule has 0 bridgehead atoms. The molecule has 3 nitrogen and oxygen atoms in total. The van der Waals surface area contributed by atoms with E-state index in [-0.39, 0.29) is 0 Å². The fraction of sp³-hybridized carbons (Fsp3) is 0.833. The van der Waals surface area contributed by atoms with E-state index in [1.165, 1.54) is 55.5 Å². The Kier molecular flexibility index (Phi) is 7.10. The molecule has 1 aliphatic rings. The topological polar surface area (TPSA) is 27.1 Å². The SMILES string of the molecule is CCC[CH2][Sn]([CH2]CCC)([CH2]CCC)[c]1cn2c(n1)O[C@H](C)C2. The first-order chi connectivity index (χ1) is 10.6. The molecule has 1 atom stereocenters. The van der Waals surface area contributed by atoms with Crippen molar-refractivity contribution >= 4 is 22.1 Å². The first kappa shape index (κ1) is 18.2. The predicted octanol–water partition coefficient (Wildman–Crippen LogP) is 4.72. The van der Waals surface area contributed by atoms with E-state index in [0.717, 1.165) is 12.6 Å². The first-order valence-corrected chi connectivity index (χ1v) is 16.9. The molecule has 0 N–H and O–H groups in total. The van der Waals surface area contributed by atoms with Crippen LogP contribution < -0.4 is 8.45 Å². The van der Waals surface area contributed by atoms with Crippen LogP contribution in [0.1, 0.15) is 66.2 Å². The Morgan fingerprint density at radius 1 is 1.09 bits per heavy atom. The molecule has 0 spiro atoms. The maximum absolute atomic E-state index is 5.88. The summed E-state index contributed by atoms with van der Waals surface area (Å²) >= 11 is -2.35. The third-order valence-corrected chi connectivity index (χ3v) is 20.1. The summed E-state index contributed by atoms with van der Waals surface area (Å²) in [5, 5.41) is 0. The summed E-state index contributed by atoms with van der Waals surface area (Å²) in [7, 11) is 0. The molecule has 0 aromatic carbocycles. The zero-order chi connectivity index (χ0) is 16.0. The molecular weight excluding hydrogens is 379 g/mol. The first-order valence-electron chi connectivity index (χ1n) is 9.39. The summed E-state index contributed by atoms with van der Waals surface area (Å²) in [6.45, 7) is 10.1. The van der Waals surface area contributed by atoms with Crippen LogP contribution in [0.5, 0.6) is 6.01 Å². The van der Waals surface area contributed by atoms with Crippen LogP contribution in [0.15, 0.2) is 6.20 Å². The Morgan fingerprint density at radius 3 is 2.09 bits per heavy atom. The third kappa shape index (κ3) is 4.21. The van der Waals surface area contributed by atoms with Gasteiger partial charge in [-0.25, -0.2) is 0 Å². The summed E-state index contributed by atoms with van der Waals surface area (Å²) in [5.41, 5.74) is 0. The van der Waals surface area contributed by atoms with Gasteiger partial charge in [-0.15, -0.1) is 0 Å². The molecule has 1 aliphatic heterocycles. The predicted molar refractivity (Wildman–Crippen MR) is 96.9 cm³/mol. The second-order valence-electron chi connectivity index (χ2n) is 7.08. The van der Waals surface area contributed by atoms with E-state index in [4.69, 9.17) is 9.72 Å². The number of imidazole rings is 1. The molecule has 4 heteroatoms. The zero-order valence-corrected chi connectivity index (χ0v) is 17.9. The monoisotopic (exact) mass is 414 g/mol. The van der Waals surface area contributed by atoms with E-state index in [2.05, 4.69) is 38.5 Å². The van der Waals surface area contributed by atoms with E-state index in [1.54, 1.807) is 0 Å². The van der Waals surface area contributed by atoms with Crippen LogP contribution >= 0.6 is 0 Å². The third-order valence-electron chi connectivity index (χ3n) is 5.07. The Hall–Kier alpha value is -0.191. The Morgan fingerprint density at radius 2 is 1.64 bits per heavy atom. The summed E-state index contributed by atoms with van der Waals surface area (Å²) in [6, 6.07) is 0.896. The number of nitrogens with zero attached hydrogens (tertiary/aromatic N) is 2. The molecular formula is C18H34N2OSn. The van der Waals surface area contributed by atoms with Crippen LogP contribution in [0, 0.1) is 0 Å². The molecule has 0 fully saturated rings. The number of hydrogen-bond acceptors (Lipinski definition) is 2.